The largest absolute Gasteiger partial charge is 0.489 e. The highest BCUT2D eigenvalue weighted by Gasteiger charge is 2.08. The fourth-order valence-electron chi connectivity index (χ4n) is 1.39. The van der Waals surface area contributed by atoms with Gasteiger partial charge >= 0.3 is 0 Å². The first-order valence-corrected chi connectivity index (χ1v) is 7.43. The summed E-state index contributed by atoms with van der Waals surface area (Å²) in [5, 5.41) is 3.03. The number of terminal acetylenes is 1. The van der Waals surface area contributed by atoms with Crippen LogP contribution in [0.4, 0.5) is 0 Å². The van der Waals surface area contributed by atoms with Crippen molar-refractivity contribution in [1.29, 1.82) is 0 Å². The summed E-state index contributed by atoms with van der Waals surface area (Å²) in [5.74, 6) is 3.11. The van der Waals surface area contributed by atoms with Crippen molar-refractivity contribution in [2.45, 2.75) is 17.9 Å². The van der Waals surface area contributed by atoms with Crippen molar-refractivity contribution in [3.8, 4) is 18.1 Å². The molecule has 1 aromatic rings. The average molecular weight is 267 g/mol. The Morgan fingerprint density at radius 1 is 1.39 bits per heavy atom. The van der Waals surface area contributed by atoms with E-state index in [0.29, 0.717) is 18.8 Å². The monoisotopic (exact) mass is 267 g/mol. The van der Waals surface area contributed by atoms with Crippen LogP contribution in [0, 0.1) is 12.3 Å². The van der Waals surface area contributed by atoms with Crippen LogP contribution in [0.15, 0.2) is 29.2 Å². The molecule has 4 nitrogen and oxygen atoms in total. The lowest BCUT2D eigenvalue weighted by Gasteiger charge is -2.14. The summed E-state index contributed by atoms with van der Waals surface area (Å²) in [6.45, 7) is 3.05. The molecule has 0 spiro atoms. The van der Waals surface area contributed by atoms with Crippen LogP contribution in [0.25, 0.3) is 0 Å². The first-order chi connectivity index (χ1) is 8.43. The van der Waals surface area contributed by atoms with Crippen LogP contribution in [0.2, 0.25) is 0 Å². The molecule has 1 rings (SSSR count). The van der Waals surface area contributed by atoms with E-state index in [-0.39, 0.29) is 11.0 Å². The van der Waals surface area contributed by atoms with Crippen molar-refractivity contribution < 1.29 is 13.2 Å². The van der Waals surface area contributed by atoms with Gasteiger partial charge in [-0.25, -0.2) is 8.42 Å². The molecule has 1 aromatic carbocycles. The summed E-state index contributed by atoms with van der Waals surface area (Å²) < 4.78 is 28.1. The SMILES string of the molecule is C#CCNCC(C)Oc1ccc(S(C)(=O)=O)cc1. The van der Waals surface area contributed by atoms with E-state index >= 15 is 0 Å². The maximum Gasteiger partial charge on any atom is 0.175 e. The normalized spacial score (nSPS) is 12.7. The van der Waals surface area contributed by atoms with Gasteiger partial charge in [0.25, 0.3) is 0 Å². The molecule has 0 aliphatic carbocycles. The van der Waals surface area contributed by atoms with Gasteiger partial charge in [-0.2, -0.15) is 0 Å². The fourth-order valence-corrected chi connectivity index (χ4v) is 2.02. The van der Waals surface area contributed by atoms with E-state index < -0.39 is 9.84 Å². The van der Waals surface area contributed by atoms with Gasteiger partial charge in [-0.1, -0.05) is 5.92 Å². The number of benzene rings is 1. The Morgan fingerprint density at radius 2 is 2.00 bits per heavy atom. The van der Waals surface area contributed by atoms with Crippen molar-refractivity contribution in [2.75, 3.05) is 19.3 Å². The van der Waals surface area contributed by atoms with Crippen LogP contribution in [-0.2, 0) is 9.84 Å². The highest BCUT2D eigenvalue weighted by atomic mass is 32.2. The van der Waals surface area contributed by atoms with Crippen molar-refractivity contribution in [1.82, 2.24) is 5.32 Å². The molecule has 0 bridgehead atoms. The molecule has 0 aliphatic heterocycles. The number of hydrogen-bond acceptors (Lipinski definition) is 4. The quantitative estimate of drug-likeness (QED) is 0.619. The zero-order valence-corrected chi connectivity index (χ0v) is 11.3. The van der Waals surface area contributed by atoms with Gasteiger partial charge in [0, 0.05) is 12.8 Å². The van der Waals surface area contributed by atoms with E-state index in [2.05, 4.69) is 11.2 Å². The van der Waals surface area contributed by atoms with Crippen LogP contribution in [0.3, 0.4) is 0 Å². The fraction of sp³-hybridized carbons (Fsp3) is 0.385. The minimum Gasteiger partial charge on any atom is -0.489 e. The number of sulfone groups is 1. The van der Waals surface area contributed by atoms with E-state index in [9.17, 15) is 8.42 Å². The molecule has 0 aromatic heterocycles. The maximum absolute atomic E-state index is 11.3. The smallest absolute Gasteiger partial charge is 0.175 e. The number of rotatable bonds is 6. The second kappa shape index (κ2) is 6.43. The van der Waals surface area contributed by atoms with Gasteiger partial charge in [-0.05, 0) is 31.2 Å². The molecule has 0 aliphatic rings. The second-order valence-corrected chi connectivity index (χ2v) is 6.02. The predicted molar refractivity (Wildman–Crippen MR) is 71.3 cm³/mol. The van der Waals surface area contributed by atoms with Gasteiger partial charge in [0.05, 0.1) is 11.4 Å². The van der Waals surface area contributed by atoms with E-state index in [1.807, 2.05) is 6.92 Å². The molecule has 0 radical (unpaired) electrons. The topological polar surface area (TPSA) is 55.4 Å². The molecule has 5 heteroatoms. The Labute approximate surface area is 108 Å². The zero-order valence-electron chi connectivity index (χ0n) is 10.5. The highest BCUT2D eigenvalue weighted by molar-refractivity contribution is 7.90. The van der Waals surface area contributed by atoms with Gasteiger partial charge in [-0.15, -0.1) is 6.42 Å². The summed E-state index contributed by atoms with van der Waals surface area (Å²) in [6, 6.07) is 6.36. The molecular weight excluding hydrogens is 250 g/mol. The molecule has 0 saturated carbocycles. The summed E-state index contributed by atoms with van der Waals surface area (Å²) in [5.41, 5.74) is 0. The van der Waals surface area contributed by atoms with Gasteiger partial charge in [0.1, 0.15) is 11.9 Å². The van der Waals surface area contributed by atoms with E-state index in [4.69, 9.17) is 11.2 Å². The lowest BCUT2D eigenvalue weighted by atomic mass is 10.3. The van der Waals surface area contributed by atoms with Crippen molar-refractivity contribution >= 4 is 9.84 Å². The van der Waals surface area contributed by atoms with Gasteiger partial charge < -0.3 is 10.1 Å². The molecule has 0 fully saturated rings. The third-order valence-corrected chi connectivity index (χ3v) is 3.38. The number of ether oxygens (including phenoxy) is 1. The Hall–Kier alpha value is -1.51. The third-order valence-electron chi connectivity index (χ3n) is 2.25. The number of hydrogen-bond donors (Lipinski definition) is 1. The van der Waals surface area contributed by atoms with Crippen LogP contribution in [-0.4, -0.2) is 33.9 Å². The summed E-state index contributed by atoms with van der Waals surface area (Å²) in [4.78, 5) is 0.285. The molecule has 1 N–H and O–H groups in total. The Kier molecular flexibility index (Phi) is 5.20. The minimum absolute atomic E-state index is 0.0394. The zero-order chi connectivity index (χ0) is 13.6. The molecule has 0 amide bonds. The van der Waals surface area contributed by atoms with E-state index in [1.165, 1.54) is 18.4 Å². The van der Waals surface area contributed by atoms with Crippen LogP contribution < -0.4 is 10.1 Å². The highest BCUT2D eigenvalue weighted by Crippen LogP contribution is 2.16. The Morgan fingerprint density at radius 3 is 2.50 bits per heavy atom. The summed E-state index contributed by atoms with van der Waals surface area (Å²) >= 11 is 0. The molecular formula is C13H17NO3S. The first kappa shape index (κ1) is 14.6. The lowest BCUT2D eigenvalue weighted by Crippen LogP contribution is -2.29. The van der Waals surface area contributed by atoms with Gasteiger partial charge in [0.2, 0.25) is 0 Å². The molecule has 98 valence electrons. The van der Waals surface area contributed by atoms with Gasteiger partial charge in [-0.3, -0.25) is 0 Å². The standard InChI is InChI=1S/C13H17NO3S/c1-4-9-14-10-11(2)17-12-5-7-13(8-6-12)18(3,15)16/h1,5-8,11,14H,9-10H2,2-3H3. The van der Waals surface area contributed by atoms with Crippen molar-refractivity contribution in [3.05, 3.63) is 24.3 Å². The van der Waals surface area contributed by atoms with Gasteiger partial charge in [0.15, 0.2) is 9.84 Å². The van der Waals surface area contributed by atoms with Crippen molar-refractivity contribution in [3.63, 3.8) is 0 Å². The molecule has 1 unspecified atom stereocenters. The van der Waals surface area contributed by atoms with E-state index in [0.717, 1.165) is 0 Å². The Balaban J connectivity index is 2.56. The first-order valence-electron chi connectivity index (χ1n) is 5.54. The molecule has 0 heterocycles. The van der Waals surface area contributed by atoms with Crippen LogP contribution in [0.5, 0.6) is 5.75 Å². The third kappa shape index (κ3) is 4.78. The second-order valence-electron chi connectivity index (χ2n) is 4.01. The van der Waals surface area contributed by atoms with Crippen molar-refractivity contribution in [2.24, 2.45) is 0 Å². The van der Waals surface area contributed by atoms with E-state index in [1.54, 1.807) is 12.1 Å². The van der Waals surface area contributed by atoms with Crippen LogP contribution in [0.1, 0.15) is 6.92 Å². The minimum atomic E-state index is -3.16. The molecule has 18 heavy (non-hydrogen) atoms. The van der Waals surface area contributed by atoms with Crippen LogP contribution >= 0.6 is 0 Å². The maximum atomic E-state index is 11.3. The summed E-state index contributed by atoms with van der Waals surface area (Å²) in [7, 11) is -3.16. The summed E-state index contributed by atoms with van der Waals surface area (Å²) in [6.07, 6.45) is 6.25. The molecule has 1 atom stereocenters. The lowest BCUT2D eigenvalue weighted by molar-refractivity contribution is 0.219. The number of nitrogens with one attached hydrogen (secondary N) is 1. The Bertz CT molecular complexity index is 514. The molecule has 0 saturated heterocycles. The average Bonchev–Trinajstić information content (AvgIpc) is 2.29. The predicted octanol–water partition coefficient (Wildman–Crippen LogP) is 1.08.